The topological polar surface area (TPSA) is 76.9 Å². The molecule has 0 aliphatic carbocycles. The van der Waals surface area contributed by atoms with Gasteiger partial charge in [0.05, 0.1) is 6.54 Å². The van der Waals surface area contributed by atoms with E-state index in [1.54, 1.807) is 17.4 Å². The number of nitrogens with zero attached hydrogens (tertiary/aromatic N) is 1. The smallest absolute Gasteiger partial charge is 0.191 e. The van der Waals surface area contributed by atoms with Crippen LogP contribution in [0.15, 0.2) is 53.5 Å². The van der Waals surface area contributed by atoms with Crippen molar-refractivity contribution in [1.29, 1.82) is 0 Å². The van der Waals surface area contributed by atoms with Crippen LogP contribution in [0.5, 0.6) is 5.75 Å². The zero-order valence-corrected chi connectivity index (χ0v) is 15.8. The van der Waals surface area contributed by atoms with Crippen molar-refractivity contribution in [1.82, 2.24) is 10.6 Å². The van der Waals surface area contributed by atoms with Crippen molar-refractivity contribution in [3.8, 4) is 5.75 Å². The maximum atomic E-state index is 13.4. The average Bonchev–Trinajstić information content (AvgIpc) is 3.10. The quantitative estimate of drug-likeness (QED) is 0.385. The lowest BCUT2D eigenvalue weighted by atomic mass is 10.2. The molecule has 0 aliphatic rings. The molecule has 5 nitrogen and oxygen atoms in total. The summed E-state index contributed by atoms with van der Waals surface area (Å²) in [6.45, 7) is 3.17. The minimum Gasteiger partial charge on any atom is -0.505 e. The van der Waals surface area contributed by atoms with E-state index in [1.807, 2.05) is 37.3 Å². The molecule has 0 amide bonds. The monoisotopic (exact) mass is 387 g/mol. The summed E-state index contributed by atoms with van der Waals surface area (Å²) in [5.74, 6) is -0.508. The van der Waals surface area contributed by atoms with Gasteiger partial charge in [0.25, 0.3) is 0 Å². The number of rotatable bonds is 6. The molecule has 0 saturated heterocycles. The highest BCUT2D eigenvalue weighted by Crippen LogP contribution is 2.29. The lowest BCUT2D eigenvalue weighted by Gasteiger charge is -2.14. The normalized spacial score (nSPS) is 12.9. The summed E-state index contributed by atoms with van der Waals surface area (Å²) in [5, 5.41) is 27.1. The molecule has 0 aliphatic heterocycles. The first-order chi connectivity index (χ1) is 13.1. The minimum absolute atomic E-state index is 0.255. The van der Waals surface area contributed by atoms with E-state index in [-0.39, 0.29) is 12.3 Å². The van der Waals surface area contributed by atoms with Crippen LogP contribution in [0, 0.1) is 5.82 Å². The molecule has 0 radical (unpaired) electrons. The highest BCUT2D eigenvalue weighted by molar-refractivity contribution is 7.19. The standard InChI is InChI=1S/C20H22FN3O2S/c1-2-22-20(23-11-13-7-8-16(25)15(21)9-13)24-12-17(26)19-10-14-5-3-4-6-18(14)27-19/h3-10,17,25-26H,2,11-12H2,1H3,(H2,22,23,24). The zero-order chi connectivity index (χ0) is 19.2. The molecule has 0 spiro atoms. The Morgan fingerprint density at radius 2 is 2.00 bits per heavy atom. The van der Waals surface area contributed by atoms with E-state index in [1.165, 1.54) is 12.1 Å². The number of thiophene rings is 1. The predicted octanol–water partition coefficient (Wildman–Crippen LogP) is 3.53. The van der Waals surface area contributed by atoms with Crippen LogP contribution in [0.25, 0.3) is 10.1 Å². The number of benzene rings is 2. The molecular formula is C20H22FN3O2S. The second-order valence-electron chi connectivity index (χ2n) is 6.06. The number of halogens is 1. The Labute approximate surface area is 161 Å². The number of aliphatic hydroxyl groups excluding tert-OH is 1. The summed E-state index contributed by atoms with van der Waals surface area (Å²) in [6.07, 6.45) is -0.655. The predicted molar refractivity (Wildman–Crippen MR) is 108 cm³/mol. The van der Waals surface area contributed by atoms with Gasteiger partial charge in [-0.1, -0.05) is 24.3 Å². The second kappa shape index (κ2) is 8.83. The lowest BCUT2D eigenvalue weighted by molar-refractivity contribution is 0.184. The van der Waals surface area contributed by atoms with Gasteiger partial charge in [-0.25, -0.2) is 9.38 Å². The summed E-state index contributed by atoms with van der Waals surface area (Å²) in [4.78, 5) is 5.29. The molecule has 3 rings (SSSR count). The van der Waals surface area contributed by atoms with Crippen LogP contribution in [0.3, 0.4) is 0 Å². The van der Waals surface area contributed by atoms with Gasteiger partial charge in [0, 0.05) is 22.7 Å². The van der Waals surface area contributed by atoms with E-state index in [4.69, 9.17) is 0 Å². The molecule has 0 fully saturated rings. The highest BCUT2D eigenvalue weighted by Gasteiger charge is 2.12. The number of guanidine groups is 1. The van der Waals surface area contributed by atoms with Gasteiger partial charge in [-0.3, -0.25) is 0 Å². The van der Waals surface area contributed by atoms with Gasteiger partial charge in [0.2, 0.25) is 0 Å². The molecule has 0 bridgehead atoms. The fourth-order valence-corrected chi connectivity index (χ4v) is 3.67. The zero-order valence-electron chi connectivity index (χ0n) is 14.9. The van der Waals surface area contributed by atoms with Gasteiger partial charge in [-0.05, 0) is 42.1 Å². The number of hydrogen-bond donors (Lipinski definition) is 4. The summed E-state index contributed by atoms with van der Waals surface area (Å²) >= 11 is 1.57. The molecule has 1 heterocycles. The summed E-state index contributed by atoms with van der Waals surface area (Å²) in [7, 11) is 0. The first-order valence-electron chi connectivity index (χ1n) is 8.73. The number of aromatic hydroxyl groups is 1. The molecule has 1 atom stereocenters. The molecule has 1 unspecified atom stereocenters. The molecule has 2 aromatic carbocycles. The van der Waals surface area contributed by atoms with E-state index in [2.05, 4.69) is 15.6 Å². The van der Waals surface area contributed by atoms with Gasteiger partial charge in [-0.2, -0.15) is 0 Å². The van der Waals surface area contributed by atoms with Crippen LogP contribution >= 0.6 is 11.3 Å². The largest absolute Gasteiger partial charge is 0.505 e. The number of phenolic OH excluding ortho intramolecular Hbond substituents is 1. The Balaban J connectivity index is 1.63. The Hall–Kier alpha value is -2.64. The third-order valence-electron chi connectivity index (χ3n) is 4.01. The van der Waals surface area contributed by atoms with Crippen LogP contribution in [-0.4, -0.2) is 29.3 Å². The van der Waals surface area contributed by atoms with Crippen molar-refractivity contribution in [2.24, 2.45) is 4.99 Å². The highest BCUT2D eigenvalue weighted by atomic mass is 32.1. The molecule has 0 saturated carbocycles. The number of aliphatic hydroxyl groups is 1. The summed E-state index contributed by atoms with van der Waals surface area (Å²) in [5.41, 5.74) is 0.646. The van der Waals surface area contributed by atoms with Crippen molar-refractivity contribution >= 4 is 27.4 Å². The number of phenols is 1. The SMILES string of the molecule is CCNC(=NCc1ccc(O)c(F)c1)NCC(O)c1cc2ccccc2s1. The molecular weight excluding hydrogens is 365 g/mol. The Kier molecular flexibility index (Phi) is 6.26. The fourth-order valence-electron chi connectivity index (χ4n) is 2.62. The van der Waals surface area contributed by atoms with Crippen molar-refractivity contribution in [2.45, 2.75) is 19.6 Å². The van der Waals surface area contributed by atoms with Crippen LogP contribution < -0.4 is 10.6 Å². The molecule has 4 N–H and O–H groups in total. The Morgan fingerprint density at radius 3 is 2.74 bits per heavy atom. The fraction of sp³-hybridized carbons (Fsp3) is 0.250. The van der Waals surface area contributed by atoms with Crippen LogP contribution in [0.4, 0.5) is 4.39 Å². The maximum absolute atomic E-state index is 13.4. The molecule has 142 valence electrons. The van der Waals surface area contributed by atoms with Gasteiger partial charge >= 0.3 is 0 Å². The number of aliphatic imine (C=N–C) groups is 1. The van der Waals surface area contributed by atoms with E-state index >= 15 is 0 Å². The van der Waals surface area contributed by atoms with Crippen molar-refractivity contribution in [3.05, 3.63) is 64.8 Å². The lowest BCUT2D eigenvalue weighted by Crippen LogP contribution is -2.39. The molecule has 3 aromatic rings. The van der Waals surface area contributed by atoms with Crippen molar-refractivity contribution < 1.29 is 14.6 Å². The Bertz CT molecular complexity index is 909. The average molecular weight is 387 g/mol. The third kappa shape index (κ3) is 4.96. The van der Waals surface area contributed by atoms with E-state index in [0.717, 1.165) is 15.0 Å². The molecule has 1 aromatic heterocycles. The van der Waals surface area contributed by atoms with Crippen molar-refractivity contribution in [2.75, 3.05) is 13.1 Å². The number of fused-ring (bicyclic) bond motifs is 1. The first-order valence-corrected chi connectivity index (χ1v) is 9.54. The van der Waals surface area contributed by atoms with Gasteiger partial charge in [0.15, 0.2) is 17.5 Å². The second-order valence-corrected chi connectivity index (χ2v) is 7.18. The van der Waals surface area contributed by atoms with E-state index in [0.29, 0.717) is 24.6 Å². The van der Waals surface area contributed by atoms with Gasteiger partial charge in [0.1, 0.15) is 6.10 Å². The van der Waals surface area contributed by atoms with Gasteiger partial charge < -0.3 is 20.8 Å². The van der Waals surface area contributed by atoms with Crippen LogP contribution in [-0.2, 0) is 6.54 Å². The molecule has 27 heavy (non-hydrogen) atoms. The van der Waals surface area contributed by atoms with Crippen molar-refractivity contribution in [3.63, 3.8) is 0 Å². The van der Waals surface area contributed by atoms with Gasteiger partial charge in [-0.15, -0.1) is 11.3 Å². The number of hydrogen-bond acceptors (Lipinski definition) is 4. The summed E-state index contributed by atoms with van der Waals surface area (Å²) < 4.78 is 14.6. The van der Waals surface area contributed by atoms with E-state index in [9.17, 15) is 14.6 Å². The Morgan fingerprint density at radius 1 is 1.19 bits per heavy atom. The minimum atomic E-state index is -0.666. The summed E-state index contributed by atoms with van der Waals surface area (Å²) in [6, 6.07) is 14.2. The maximum Gasteiger partial charge on any atom is 0.191 e. The van der Waals surface area contributed by atoms with Crippen LogP contribution in [0.1, 0.15) is 23.5 Å². The number of nitrogens with one attached hydrogen (secondary N) is 2. The van der Waals surface area contributed by atoms with Crippen LogP contribution in [0.2, 0.25) is 0 Å². The first kappa shape index (κ1) is 19.1. The third-order valence-corrected chi connectivity index (χ3v) is 5.23. The molecule has 7 heteroatoms. The van der Waals surface area contributed by atoms with E-state index < -0.39 is 11.9 Å².